The SMILES string of the molecule is c1ccc(-c2cccc(-n3c4ccccc4c4c(-c5ccc(-n6c7ccccc7c7cc8c(cc76)c6ccccc6n8-c6ccccc6)cc5)cccc43)c2)cc1. The normalized spacial score (nSPS) is 11.9. The molecule has 0 fully saturated rings. The summed E-state index contributed by atoms with van der Waals surface area (Å²) in [5.41, 5.74) is 15.5. The average molecular weight is 726 g/mol. The summed E-state index contributed by atoms with van der Waals surface area (Å²) < 4.78 is 7.26. The Kier molecular flexibility index (Phi) is 6.93. The van der Waals surface area contributed by atoms with Crippen LogP contribution in [0.5, 0.6) is 0 Å². The van der Waals surface area contributed by atoms with E-state index in [1.54, 1.807) is 0 Å². The largest absolute Gasteiger partial charge is 0.309 e. The second-order valence-corrected chi connectivity index (χ2v) is 14.9. The van der Waals surface area contributed by atoms with Crippen molar-refractivity contribution >= 4 is 65.4 Å². The van der Waals surface area contributed by atoms with E-state index >= 15 is 0 Å². The molecule has 0 aliphatic carbocycles. The zero-order valence-electron chi connectivity index (χ0n) is 31.0. The average Bonchev–Trinajstić information content (AvgIpc) is 3.92. The first-order valence-electron chi connectivity index (χ1n) is 19.6. The third-order valence-electron chi connectivity index (χ3n) is 11.8. The van der Waals surface area contributed by atoms with Gasteiger partial charge in [0.15, 0.2) is 0 Å². The molecular formula is C54H35N3. The molecule has 0 N–H and O–H groups in total. The Morgan fingerprint density at radius 2 is 0.684 bits per heavy atom. The van der Waals surface area contributed by atoms with Gasteiger partial charge in [-0.2, -0.15) is 0 Å². The van der Waals surface area contributed by atoms with Gasteiger partial charge < -0.3 is 13.7 Å². The standard InChI is InChI=1S/C54H35N3/c1-3-15-36(16-4-1)38-17-13-20-41(33-38)57-50-27-12-9-23-45(50)54-42(24-14-28-51(54)57)37-29-31-40(32-30-37)56-49-26-11-8-22-44(49)47-34-52-46(35-53(47)56)43-21-7-10-25-48(43)55(52)39-18-5-2-6-19-39/h1-35H. The van der Waals surface area contributed by atoms with Crippen molar-refractivity contribution in [1.29, 1.82) is 0 Å². The van der Waals surface area contributed by atoms with E-state index in [-0.39, 0.29) is 0 Å². The lowest BCUT2D eigenvalue weighted by atomic mass is 9.99. The third kappa shape index (κ3) is 4.79. The van der Waals surface area contributed by atoms with Crippen molar-refractivity contribution in [3.63, 3.8) is 0 Å². The molecule has 0 aliphatic rings. The predicted molar refractivity (Wildman–Crippen MR) is 240 cm³/mol. The van der Waals surface area contributed by atoms with Gasteiger partial charge in [0, 0.05) is 49.4 Å². The summed E-state index contributed by atoms with van der Waals surface area (Å²) in [6, 6.07) is 77.4. The Morgan fingerprint density at radius 1 is 0.228 bits per heavy atom. The van der Waals surface area contributed by atoms with E-state index in [1.165, 1.54) is 93.4 Å². The van der Waals surface area contributed by atoms with Crippen molar-refractivity contribution in [1.82, 2.24) is 13.7 Å². The molecule has 3 aromatic heterocycles. The maximum Gasteiger partial charge on any atom is 0.0548 e. The molecule has 57 heavy (non-hydrogen) atoms. The van der Waals surface area contributed by atoms with E-state index in [1.807, 2.05) is 0 Å². The molecule has 0 unspecified atom stereocenters. The van der Waals surface area contributed by atoms with Crippen LogP contribution in [0.2, 0.25) is 0 Å². The molecule has 9 aromatic carbocycles. The predicted octanol–water partition coefficient (Wildman–Crippen LogP) is 14.3. The monoisotopic (exact) mass is 725 g/mol. The maximum atomic E-state index is 2.44. The molecule has 3 heteroatoms. The van der Waals surface area contributed by atoms with Crippen LogP contribution >= 0.6 is 0 Å². The van der Waals surface area contributed by atoms with Gasteiger partial charge in [-0.15, -0.1) is 0 Å². The number of hydrogen-bond donors (Lipinski definition) is 0. The highest BCUT2D eigenvalue weighted by atomic mass is 15.0. The zero-order chi connectivity index (χ0) is 37.5. The molecule has 0 atom stereocenters. The second kappa shape index (κ2) is 12.5. The molecule has 12 rings (SSSR count). The van der Waals surface area contributed by atoms with Gasteiger partial charge in [-0.3, -0.25) is 0 Å². The van der Waals surface area contributed by atoms with Gasteiger partial charge in [0.25, 0.3) is 0 Å². The molecule has 0 saturated heterocycles. The first-order chi connectivity index (χ1) is 28.3. The molecule has 266 valence electrons. The fourth-order valence-corrected chi connectivity index (χ4v) is 9.35. The lowest BCUT2D eigenvalue weighted by molar-refractivity contribution is 1.17. The number of aromatic nitrogens is 3. The lowest BCUT2D eigenvalue weighted by Gasteiger charge is -2.12. The summed E-state index contributed by atoms with van der Waals surface area (Å²) in [7, 11) is 0. The molecule has 0 aliphatic heterocycles. The van der Waals surface area contributed by atoms with E-state index in [0.717, 1.165) is 11.4 Å². The second-order valence-electron chi connectivity index (χ2n) is 14.9. The van der Waals surface area contributed by atoms with Gasteiger partial charge in [0.1, 0.15) is 0 Å². The highest BCUT2D eigenvalue weighted by molar-refractivity contribution is 6.19. The lowest BCUT2D eigenvalue weighted by Crippen LogP contribution is -1.95. The first kappa shape index (κ1) is 31.7. The number of hydrogen-bond acceptors (Lipinski definition) is 0. The Balaban J connectivity index is 1.03. The van der Waals surface area contributed by atoms with Crippen molar-refractivity contribution < 1.29 is 0 Å². The van der Waals surface area contributed by atoms with Crippen LogP contribution < -0.4 is 0 Å². The highest BCUT2D eigenvalue weighted by Crippen LogP contribution is 2.42. The number of fused-ring (bicyclic) bond motifs is 9. The smallest absolute Gasteiger partial charge is 0.0548 e. The van der Waals surface area contributed by atoms with Gasteiger partial charge in [-0.25, -0.2) is 0 Å². The molecule has 0 radical (unpaired) electrons. The third-order valence-corrected chi connectivity index (χ3v) is 11.8. The molecule has 0 bridgehead atoms. The van der Waals surface area contributed by atoms with Crippen LogP contribution in [0.15, 0.2) is 212 Å². The molecule has 0 saturated carbocycles. The summed E-state index contributed by atoms with van der Waals surface area (Å²) in [6.07, 6.45) is 0. The highest BCUT2D eigenvalue weighted by Gasteiger charge is 2.20. The quantitative estimate of drug-likeness (QED) is 0.168. The molecular weight excluding hydrogens is 691 g/mol. The van der Waals surface area contributed by atoms with Crippen molar-refractivity contribution in [2.24, 2.45) is 0 Å². The van der Waals surface area contributed by atoms with Crippen LogP contribution in [0.4, 0.5) is 0 Å². The van der Waals surface area contributed by atoms with Crippen molar-refractivity contribution in [3.05, 3.63) is 212 Å². The summed E-state index contributed by atoms with van der Waals surface area (Å²) in [6.45, 7) is 0. The van der Waals surface area contributed by atoms with E-state index in [9.17, 15) is 0 Å². The van der Waals surface area contributed by atoms with E-state index in [0.29, 0.717) is 0 Å². The number of para-hydroxylation sites is 4. The number of benzene rings is 9. The summed E-state index contributed by atoms with van der Waals surface area (Å²) in [4.78, 5) is 0. The van der Waals surface area contributed by atoms with Gasteiger partial charge in [0.2, 0.25) is 0 Å². The Bertz CT molecular complexity index is 3490. The van der Waals surface area contributed by atoms with Gasteiger partial charge in [-0.05, 0) is 95.1 Å². The van der Waals surface area contributed by atoms with Crippen molar-refractivity contribution in [2.75, 3.05) is 0 Å². The van der Waals surface area contributed by atoms with Crippen LogP contribution in [-0.4, -0.2) is 13.7 Å². The van der Waals surface area contributed by atoms with E-state index < -0.39 is 0 Å². The summed E-state index contributed by atoms with van der Waals surface area (Å²) >= 11 is 0. The van der Waals surface area contributed by atoms with Crippen molar-refractivity contribution in [3.8, 4) is 39.3 Å². The summed E-state index contributed by atoms with van der Waals surface area (Å²) in [5, 5.41) is 7.51. The Morgan fingerprint density at radius 3 is 1.33 bits per heavy atom. The van der Waals surface area contributed by atoms with Crippen LogP contribution in [-0.2, 0) is 0 Å². The van der Waals surface area contributed by atoms with Crippen LogP contribution in [0, 0.1) is 0 Å². The molecule has 0 amide bonds. The topological polar surface area (TPSA) is 14.8 Å². The van der Waals surface area contributed by atoms with Gasteiger partial charge >= 0.3 is 0 Å². The minimum atomic E-state index is 1.14. The minimum Gasteiger partial charge on any atom is -0.309 e. The van der Waals surface area contributed by atoms with E-state index in [2.05, 4.69) is 226 Å². The number of nitrogens with zero attached hydrogens (tertiary/aromatic N) is 3. The van der Waals surface area contributed by atoms with Crippen LogP contribution in [0.3, 0.4) is 0 Å². The van der Waals surface area contributed by atoms with Gasteiger partial charge in [0.05, 0.1) is 33.1 Å². The molecule has 3 nitrogen and oxygen atoms in total. The molecule has 0 spiro atoms. The summed E-state index contributed by atoms with van der Waals surface area (Å²) in [5.74, 6) is 0. The fourth-order valence-electron chi connectivity index (χ4n) is 9.35. The number of rotatable bonds is 5. The minimum absolute atomic E-state index is 1.14. The zero-order valence-corrected chi connectivity index (χ0v) is 31.0. The Hall–Kier alpha value is -7.62. The fraction of sp³-hybridized carbons (Fsp3) is 0. The van der Waals surface area contributed by atoms with E-state index in [4.69, 9.17) is 0 Å². The first-order valence-corrected chi connectivity index (χ1v) is 19.6. The van der Waals surface area contributed by atoms with Crippen molar-refractivity contribution in [2.45, 2.75) is 0 Å². The van der Waals surface area contributed by atoms with Crippen LogP contribution in [0.1, 0.15) is 0 Å². The maximum absolute atomic E-state index is 2.44. The Labute approximate surface area is 329 Å². The molecule has 12 aromatic rings. The van der Waals surface area contributed by atoms with Crippen LogP contribution in [0.25, 0.3) is 105 Å². The molecule has 3 heterocycles. The van der Waals surface area contributed by atoms with Gasteiger partial charge in [-0.1, -0.05) is 140 Å².